The maximum absolute atomic E-state index is 11.1. The van der Waals surface area contributed by atoms with Crippen LogP contribution in [0.4, 0.5) is 0 Å². The lowest BCUT2D eigenvalue weighted by molar-refractivity contribution is -0.140. The Morgan fingerprint density at radius 2 is 2.26 bits per heavy atom. The minimum absolute atomic E-state index is 0.253. The molecule has 0 atom stereocenters. The number of pyridine rings is 1. The van der Waals surface area contributed by atoms with E-state index in [1.165, 1.54) is 24.6 Å². The molecule has 0 aliphatic rings. The topological polar surface area (TPSA) is 52.1 Å². The summed E-state index contributed by atoms with van der Waals surface area (Å²) in [7, 11) is 1.37. The van der Waals surface area contributed by atoms with Gasteiger partial charge in [-0.15, -0.1) is 11.3 Å². The molecule has 0 bridgehead atoms. The van der Waals surface area contributed by atoms with E-state index in [-0.39, 0.29) is 5.97 Å². The fraction of sp³-hybridized carbons (Fsp3) is 0.250. The number of aryl methyl sites for hydroxylation is 1. The summed E-state index contributed by atoms with van der Waals surface area (Å²) in [5.74, 6) is -0.253. The summed E-state index contributed by atoms with van der Waals surface area (Å²) in [6.07, 6.45) is 2.37. The van der Waals surface area contributed by atoms with Crippen LogP contribution in [0, 0.1) is 0 Å². The molecule has 0 unspecified atom stereocenters. The van der Waals surface area contributed by atoms with Crippen molar-refractivity contribution in [3.8, 4) is 10.7 Å². The highest BCUT2D eigenvalue weighted by atomic mass is 35.5. The molecule has 0 aliphatic heterocycles. The van der Waals surface area contributed by atoms with Gasteiger partial charge in [-0.2, -0.15) is 0 Å². The highest BCUT2D eigenvalue weighted by Crippen LogP contribution is 2.30. The zero-order valence-electron chi connectivity index (χ0n) is 10.0. The molecule has 2 aromatic rings. The van der Waals surface area contributed by atoms with Gasteiger partial charge in [0.05, 0.1) is 29.3 Å². The van der Waals surface area contributed by atoms with E-state index in [0.29, 0.717) is 33.6 Å². The van der Waals surface area contributed by atoms with Crippen molar-refractivity contribution in [2.75, 3.05) is 7.11 Å². The zero-order valence-corrected chi connectivity index (χ0v) is 12.3. The minimum atomic E-state index is -0.253. The lowest BCUT2D eigenvalue weighted by atomic mass is 10.2. The van der Waals surface area contributed by atoms with Crippen LogP contribution in [0.25, 0.3) is 10.7 Å². The van der Waals surface area contributed by atoms with Crippen LogP contribution in [0.15, 0.2) is 17.6 Å². The third kappa shape index (κ3) is 3.65. The van der Waals surface area contributed by atoms with Crippen LogP contribution < -0.4 is 0 Å². The lowest BCUT2D eigenvalue weighted by Crippen LogP contribution is -2.01. The number of thiazole rings is 1. The smallest absolute Gasteiger partial charge is 0.305 e. The first-order valence-corrected chi connectivity index (χ1v) is 7.06. The highest BCUT2D eigenvalue weighted by molar-refractivity contribution is 7.13. The van der Waals surface area contributed by atoms with Crippen LogP contribution >= 0.6 is 34.5 Å². The maximum Gasteiger partial charge on any atom is 0.305 e. The van der Waals surface area contributed by atoms with E-state index in [1.807, 2.05) is 5.38 Å². The average molecular weight is 317 g/mol. The number of esters is 1. The molecule has 7 heteroatoms. The van der Waals surface area contributed by atoms with Gasteiger partial charge in [0, 0.05) is 18.0 Å². The molecule has 0 saturated heterocycles. The van der Waals surface area contributed by atoms with Crippen LogP contribution in [-0.4, -0.2) is 23.0 Å². The van der Waals surface area contributed by atoms with Gasteiger partial charge in [0.1, 0.15) is 10.7 Å². The Kier molecular flexibility index (Phi) is 4.74. The van der Waals surface area contributed by atoms with Crippen molar-refractivity contribution in [1.29, 1.82) is 0 Å². The molecule has 0 aliphatic carbocycles. The van der Waals surface area contributed by atoms with E-state index >= 15 is 0 Å². The number of hydrogen-bond donors (Lipinski definition) is 0. The summed E-state index contributed by atoms with van der Waals surface area (Å²) in [6.45, 7) is 0. The van der Waals surface area contributed by atoms with Crippen LogP contribution in [0.3, 0.4) is 0 Å². The van der Waals surface area contributed by atoms with E-state index in [1.54, 1.807) is 6.07 Å². The van der Waals surface area contributed by atoms with E-state index in [0.717, 1.165) is 5.69 Å². The molecule has 0 aromatic carbocycles. The zero-order chi connectivity index (χ0) is 13.8. The molecule has 19 heavy (non-hydrogen) atoms. The first-order chi connectivity index (χ1) is 9.10. The van der Waals surface area contributed by atoms with Gasteiger partial charge in [-0.3, -0.25) is 9.78 Å². The van der Waals surface area contributed by atoms with E-state index in [2.05, 4.69) is 14.7 Å². The minimum Gasteiger partial charge on any atom is -0.469 e. The molecular formula is C12H10Cl2N2O2S. The van der Waals surface area contributed by atoms with Crippen molar-refractivity contribution in [3.63, 3.8) is 0 Å². The monoisotopic (exact) mass is 316 g/mol. The molecule has 100 valence electrons. The Labute approximate surface area is 124 Å². The molecule has 0 N–H and O–H groups in total. The summed E-state index contributed by atoms with van der Waals surface area (Å²) in [5, 5.41) is 3.53. The van der Waals surface area contributed by atoms with Gasteiger partial charge in [-0.05, 0) is 6.07 Å². The van der Waals surface area contributed by atoms with Gasteiger partial charge in [-0.25, -0.2) is 4.98 Å². The Hall–Kier alpha value is -1.17. The molecule has 0 radical (unpaired) electrons. The summed E-state index contributed by atoms with van der Waals surface area (Å²) in [6, 6.07) is 1.63. The third-order valence-corrected chi connectivity index (χ3v) is 3.77. The van der Waals surface area contributed by atoms with Gasteiger partial charge >= 0.3 is 5.97 Å². The predicted octanol–water partition coefficient (Wildman–Crippen LogP) is 3.62. The molecule has 2 heterocycles. The molecule has 2 aromatic heterocycles. The molecule has 4 nitrogen and oxygen atoms in total. The molecule has 0 saturated carbocycles. The summed E-state index contributed by atoms with van der Waals surface area (Å²) < 4.78 is 4.58. The summed E-state index contributed by atoms with van der Waals surface area (Å²) >= 11 is 13.3. The number of carbonyl (C=O) groups is 1. The normalized spacial score (nSPS) is 10.5. The SMILES string of the molecule is COC(=O)CCc1csc(-c2ncc(Cl)cc2Cl)n1. The Balaban J connectivity index is 2.14. The second-order valence-electron chi connectivity index (χ2n) is 3.70. The van der Waals surface area contributed by atoms with Gasteiger partial charge in [0.15, 0.2) is 0 Å². The van der Waals surface area contributed by atoms with E-state index in [9.17, 15) is 4.79 Å². The molecule has 0 amide bonds. The average Bonchev–Trinajstić information content (AvgIpc) is 2.84. The van der Waals surface area contributed by atoms with E-state index in [4.69, 9.17) is 23.2 Å². The quantitative estimate of drug-likeness (QED) is 0.808. The van der Waals surface area contributed by atoms with Crippen molar-refractivity contribution in [1.82, 2.24) is 9.97 Å². The second kappa shape index (κ2) is 6.32. The van der Waals surface area contributed by atoms with Crippen LogP contribution in [0.1, 0.15) is 12.1 Å². The van der Waals surface area contributed by atoms with Gasteiger partial charge in [0.25, 0.3) is 0 Å². The molecule has 0 fully saturated rings. The van der Waals surface area contributed by atoms with E-state index < -0.39 is 0 Å². The molecule has 0 spiro atoms. The number of ether oxygens (including phenoxy) is 1. The largest absolute Gasteiger partial charge is 0.469 e. The van der Waals surface area contributed by atoms with Crippen molar-refractivity contribution in [2.24, 2.45) is 0 Å². The fourth-order valence-corrected chi connectivity index (χ4v) is 2.82. The number of rotatable bonds is 4. The maximum atomic E-state index is 11.1. The van der Waals surface area contributed by atoms with Gasteiger partial charge in [-0.1, -0.05) is 23.2 Å². The standard InChI is InChI=1S/C12H10Cl2N2O2S/c1-18-10(17)3-2-8-6-19-12(16-8)11-9(14)4-7(13)5-15-11/h4-6H,2-3H2,1H3. The summed E-state index contributed by atoms with van der Waals surface area (Å²) in [5.41, 5.74) is 1.42. The fourth-order valence-electron chi connectivity index (χ4n) is 1.43. The number of carbonyl (C=O) groups excluding carboxylic acids is 1. The first kappa shape index (κ1) is 14.2. The van der Waals surface area contributed by atoms with Crippen LogP contribution in [-0.2, 0) is 16.0 Å². The van der Waals surface area contributed by atoms with Crippen LogP contribution in [0.2, 0.25) is 10.0 Å². The number of aromatic nitrogens is 2. The van der Waals surface area contributed by atoms with Crippen molar-refractivity contribution in [3.05, 3.63) is 33.4 Å². The van der Waals surface area contributed by atoms with Crippen LogP contribution in [0.5, 0.6) is 0 Å². The van der Waals surface area contributed by atoms with Crippen molar-refractivity contribution < 1.29 is 9.53 Å². The molecule has 2 rings (SSSR count). The number of nitrogens with zero attached hydrogens (tertiary/aromatic N) is 2. The Bertz CT molecular complexity index is 601. The second-order valence-corrected chi connectivity index (χ2v) is 5.41. The Morgan fingerprint density at radius 1 is 1.47 bits per heavy atom. The van der Waals surface area contributed by atoms with Crippen molar-refractivity contribution in [2.45, 2.75) is 12.8 Å². The molecular weight excluding hydrogens is 307 g/mol. The highest BCUT2D eigenvalue weighted by Gasteiger charge is 2.11. The third-order valence-electron chi connectivity index (χ3n) is 2.38. The van der Waals surface area contributed by atoms with Gasteiger partial charge in [0.2, 0.25) is 0 Å². The van der Waals surface area contributed by atoms with Gasteiger partial charge < -0.3 is 4.74 Å². The Morgan fingerprint density at radius 3 is 2.95 bits per heavy atom. The number of methoxy groups -OCH3 is 1. The summed E-state index contributed by atoms with van der Waals surface area (Å²) in [4.78, 5) is 19.6. The number of halogens is 2. The predicted molar refractivity (Wildman–Crippen MR) is 75.7 cm³/mol. The van der Waals surface area contributed by atoms with Crippen molar-refractivity contribution >= 4 is 40.5 Å². The number of hydrogen-bond acceptors (Lipinski definition) is 5. The lowest BCUT2D eigenvalue weighted by Gasteiger charge is -1.99. The first-order valence-electron chi connectivity index (χ1n) is 5.43.